The van der Waals surface area contributed by atoms with Gasteiger partial charge < -0.3 is 16.0 Å². The van der Waals surface area contributed by atoms with Crippen LogP contribution in [0.5, 0.6) is 0 Å². The summed E-state index contributed by atoms with van der Waals surface area (Å²) < 4.78 is 0. The Kier molecular flexibility index (Phi) is 10.0. The summed E-state index contributed by atoms with van der Waals surface area (Å²) in [5.41, 5.74) is 2.69. The summed E-state index contributed by atoms with van der Waals surface area (Å²) in [6.45, 7) is 3.90. The van der Waals surface area contributed by atoms with Crippen LogP contribution in [0.3, 0.4) is 0 Å². The number of hydrogen-bond donors (Lipinski definition) is 3. The molecule has 3 N–H and O–H groups in total. The molecule has 0 unspecified atom stereocenters. The summed E-state index contributed by atoms with van der Waals surface area (Å²) >= 11 is 6.18. The van der Waals surface area contributed by atoms with E-state index in [9.17, 15) is 4.79 Å². The molecule has 26 heavy (non-hydrogen) atoms. The Bertz CT molecular complexity index is 735. The van der Waals surface area contributed by atoms with Crippen molar-refractivity contribution in [1.82, 2.24) is 16.0 Å². The van der Waals surface area contributed by atoms with Crippen molar-refractivity contribution >= 4 is 47.4 Å². The van der Waals surface area contributed by atoms with Crippen molar-refractivity contribution in [3.8, 4) is 0 Å². The summed E-state index contributed by atoms with van der Waals surface area (Å²) in [6.07, 6.45) is 0. The van der Waals surface area contributed by atoms with Crippen LogP contribution in [0.1, 0.15) is 28.4 Å². The van der Waals surface area contributed by atoms with Crippen molar-refractivity contribution in [2.24, 2.45) is 4.99 Å². The third-order valence-electron chi connectivity index (χ3n) is 3.61. The molecule has 0 bridgehead atoms. The molecule has 0 aromatic heterocycles. The highest BCUT2D eigenvalue weighted by molar-refractivity contribution is 14.0. The highest BCUT2D eigenvalue weighted by Gasteiger charge is 2.04. The number of guanidine groups is 1. The number of nitrogens with one attached hydrogen (secondary N) is 3. The average Bonchev–Trinajstić information content (AvgIpc) is 2.65. The molecule has 0 aliphatic rings. The predicted molar refractivity (Wildman–Crippen MR) is 118 cm³/mol. The van der Waals surface area contributed by atoms with Gasteiger partial charge in [0.25, 0.3) is 5.91 Å². The molecule has 0 saturated heterocycles. The molecule has 0 spiro atoms. The van der Waals surface area contributed by atoms with Crippen LogP contribution >= 0.6 is 35.6 Å². The van der Waals surface area contributed by atoms with Crippen molar-refractivity contribution in [2.45, 2.75) is 20.0 Å². The number of halogens is 2. The molecule has 2 aromatic carbocycles. The molecule has 140 valence electrons. The van der Waals surface area contributed by atoms with Crippen molar-refractivity contribution in [1.29, 1.82) is 0 Å². The van der Waals surface area contributed by atoms with E-state index in [1.165, 1.54) is 0 Å². The fraction of sp³-hybridized carbons (Fsp3) is 0.263. The van der Waals surface area contributed by atoms with Crippen molar-refractivity contribution in [3.05, 3.63) is 70.2 Å². The number of nitrogens with zero attached hydrogens (tertiary/aromatic N) is 1. The number of carbonyl (C=O) groups excluding carboxylic acids is 1. The lowest BCUT2D eigenvalue weighted by Crippen LogP contribution is -2.36. The molecule has 7 heteroatoms. The topological polar surface area (TPSA) is 65.5 Å². The number of amides is 1. The first-order chi connectivity index (χ1) is 12.1. The molecule has 0 radical (unpaired) electrons. The zero-order valence-corrected chi connectivity index (χ0v) is 18.0. The monoisotopic (exact) mass is 486 g/mol. The number of aliphatic imine (C=N–C) groups is 1. The molecule has 5 nitrogen and oxygen atoms in total. The van der Waals surface area contributed by atoms with Gasteiger partial charge in [0, 0.05) is 30.7 Å². The normalized spacial score (nSPS) is 10.7. The van der Waals surface area contributed by atoms with Crippen LogP contribution in [0.15, 0.2) is 53.5 Å². The van der Waals surface area contributed by atoms with Crippen LogP contribution in [0, 0.1) is 0 Å². The summed E-state index contributed by atoms with van der Waals surface area (Å²) in [5.74, 6) is 0.627. The third kappa shape index (κ3) is 6.84. The van der Waals surface area contributed by atoms with Crippen molar-refractivity contribution in [2.75, 3.05) is 13.6 Å². The standard InChI is InChI=1S/C19H23ClN4O.HI/c1-3-22-19(24-13-16-6-4-5-7-17(16)20)23-12-14-8-10-15(11-9-14)18(25)21-2;/h4-11H,3,12-13H2,1-2H3,(H,21,25)(H2,22,23,24);1H. The number of benzene rings is 2. The Hall–Kier alpha value is -1.80. The minimum atomic E-state index is -0.0928. The van der Waals surface area contributed by atoms with Gasteiger partial charge in [-0.3, -0.25) is 4.79 Å². The molecule has 0 saturated carbocycles. The Morgan fingerprint density at radius 3 is 2.38 bits per heavy atom. The SMILES string of the molecule is CCNC(=NCc1ccc(C(=O)NC)cc1)NCc1ccccc1Cl.I. The maximum Gasteiger partial charge on any atom is 0.251 e. The summed E-state index contributed by atoms with van der Waals surface area (Å²) in [6, 6.07) is 15.1. The van der Waals surface area contributed by atoms with Crippen LogP contribution in [0.25, 0.3) is 0 Å². The molecule has 0 atom stereocenters. The van der Waals surface area contributed by atoms with Gasteiger partial charge in [0.15, 0.2) is 5.96 Å². The van der Waals surface area contributed by atoms with Gasteiger partial charge >= 0.3 is 0 Å². The Morgan fingerprint density at radius 2 is 1.77 bits per heavy atom. The predicted octanol–water partition coefficient (Wildman–Crippen LogP) is 3.57. The Labute approximate surface area is 176 Å². The van der Waals surface area contributed by atoms with Gasteiger partial charge in [-0.25, -0.2) is 4.99 Å². The fourth-order valence-electron chi connectivity index (χ4n) is 2.24. The maximum absolute atomic E-state index is 11.6. The van der Waals surface area contributed by atoms with Crippen LogP contribution in [0.2, 0.25) is 5.02 Å². The highest BCUT2D eigenvalue weighted by Crippen LogP contribution is 2.14. The van der Waals surface area contributed by atoms with Gasteiger partial charge in [-0.05, 0) is 36.2 Å². The Balaban J connectivity index is 0.00000338. The molecule has 2 rings (SSSR count). The van der Waals surface area contributed by atoms with Gasteiger partial charge in [0.2, 0.25) is 0 Å². The molecular formula is C19H24ClIN4O. The maximum atomic E-state index is 11.6. The van der Waals surface area contributed by atoms with Gasteiger partial charge in [0.1, 0.15) is 0 Å². The molecule has 1 amide bonds. The highest BCUT2D eigenvalue weighted by atomic mass is 127. The second-order valence-electron chi connectivity index (χ2n) is 5.42. The van der Waals surface area contributed by atoms with Crippen molar-refractivity contribution < 1.29 is 4.79 Å². The smallest absolute Gasteiger partial charge is 0.251 e. The van der Waals surface area contributed by atoms with E-state index >= 15 is 0 Å². The molecule has 0 aliphatic carbocycles. The van der Waals surface area contributed by atoms with E-state index in [4.69, 9.17) is 11.6 Å². The van der Waals surface area contributed by atoms with Gasteiger partial charge in [0.05, 0.1) is 6.54 Å². The molecule has 2 aromatic rings. The largest absolute Gasteiger partial charge is 0.357 e. The first-order valence-electron chi connectivity index (χ1n) is 8.20. The quantitative estimate of drug-likeness (QED) is 0.332. The first-order valence-corrected chi connectivity index (χ1v) is 8.58. The lowest BCUT2D eigenvalue weighted by atomic mass is 10.1. The van der Waals surface area contributed by atoms with E-state index in [-0.39, 0.29) is 29.9 Å². The van der Waals surface area contributed by atoms with Crippen molar-refractivity contribution in [3.63, 3.8) is 0 Å². The molecular weight excluding hydrogens is 463 g/mol. The second kappa shape index (κ2) is 11.7. The zero-order valence-electron chi connectivity index (χ0n) is 14.9. The summed E-state index contributed by atoms with van der Waals surface area (Å²) in [4.78, 5) is 16.1. The van der Waals surface area contributed by atoms with Crippen LogP contribution in [-0.4, -0.2) is 25.5 Å². The van der Waals surface area contributed by atoms with Gasteiger partial charge in [-0.15, -0.1) is 24.0 Å². The second-order valence-corrected chi connectivity index (χ2v) is 5.82. The summed E-state index contributed by atoms with van der Waals surface area (Å²) in [7, 11) is 1.62. The van der Waals surface area contributed by atoms with Gasteiger partial charge in [-0.2, -0.15) is 0 Å². The van der Waals surface area contributed by atoms with E-state index in [0.717, 1.165) is 28.7 Å². The lowest BCUT2D eigenvalue weighted by molar-refractivity contribution is 0.0963. The lowest BCUT2D eigenvalue weighted by Gasteiger charge is -2.12. The van der Waals surface area contributed by atoms with E-state index in [0.29, 0.717) is 18.7 Å². The number of hydrogen-bond acceptors (Lipinski definition) is 2. The van der Waals surface area contributed by atoms with Crippen LogP contribution in [0.4, 0.5) is 0 Å². The first kappa shape index (κ1) is 22.2. The fourth-order valence-corrected chi connectivity index (χ4v) is 2.44. The molecule has 0 aliphatic heterocycles. The third-order valence-corrected chi connectivity index (χ3v) is 3.98. The number of rotatable bonds is 6. The Morgan fingerprint density at radius 1 is 1.08 bits per heavy atom. The van der Waals surface area contributed by atoms with Crippen LogP contribution in [-0.2, 0) is 13.1 Å². The minimum absolute atomic E-state index is 0. The van der Waals surface area contributed by atoms with Gasteiger partial charge in [-0.1, -0.05) is 41.9 Å². The van der Waals surface area contributed by atoms with E-state index in [1.807, 2.05) is 43.3 Å². The molecule has 0 fully saturated rings. The number of carbonyl (C=O) groups is 1. The summed E-state index contributed by atoms with van der Waals surface area (Å²) in [5, 5.41) is 9.83. The van der Waals surface area contributed by atoms with E-state index in [1.54, 1.807) is 19.2 Å². The van der Waals surface area contributed by atoms with Crippen LogP contribution < -0.4 is 16.0 Å². The van der Waals surface area contributed by atoms with E-state index in [2.05, 4.69) is 20.9 Å². The minimum Gasteiger partial charge on any atom is -0.357 e. The van der Waals surface area contributed by atoms with E-state index < -0.39 is 0 Å². The average molecular weight is 487 g/mol. The zero-order chi connectivity index (χ0) is 18.1. The molecule has 0 heterocycles.